The fourth-order valence-electron chi connectivity index (χ4n) is 1.57. The molecule has 96 valence electrons. The van der Waals surface area contributed by atoms with Crippen LogP contribution in [0.25, 0.3) is 0 Å². The molecular formula is C11H17FN2O2S. The largest absolute Gasteiger partial charge is 0.371 e. The summed E-state index contributed by atoms with van der Waals surface area (Å²) in [7, 11) is -1.40. The lowest BCUT2D eigenvalue weighted by Crippen LogP contribution is -2.27. The van der Waals surface area contributed by atoms with E-state index in [4.69, 9.17) is 5.73 Å². The lowest BCUT2D eigenvalue weighted by atomic mass is 10.1. The summed E-state index contributed by atoms with van der Waals surface area (Å²) in [5, 5.41) is 0. The van der Waals surface area contributed by atoms with Crippen LogP contribution in [0.5, 0.6) is 0 Å². The number of anilines is 1. The first kappa shape index (κ1) is 13.9. The fraction of sp³-hybridized carbons (Fsp3) is 0.455. The minimum absolute atomic E-state index is 0.0121. The molecule has 1 aromatic carbocycles. The van der Waals surface area contributed by atoms with Crippen molar-refractivity contribution in [1.82, 2.24) is 0 Å². The van der Waals surface area contributed by atoms with Gasteiger partial charge in [-0.05, 0) is 11.6 Å². The summed E-state index contributed by atoms with van der Waals surface area (Å²) < 4.78 is 35.8. The molecule has 0 aliphatic rings. The van der Waals surface area contributed by atoms with Crippen LogP contribution in [0.2, 0.25) is 0 Å². The lowest BCUT2D eigenvalue weighted by Gasteiger charge is -2.22. The molecule has 0 spiro atoms. The molecule has 17 heavy (non-hydrogen) atoms. The van der Waals surface area contributed by atoms with E-state index in [9.17, 15) is 12.8 Å². The van der Waals surface area contributed by atoms with Crippen LogP contribution in [-0.4, -0.2) is 34.0 Å². The van der Waals surface area contributed by atoms with E-state index in [0.29, 0.717) is 11.3 Å². The van der Waals surface area contributed by atoms with E-state index >= 15 is 0 Å². The van der Waals surface area contributed by atoms with Gasteiger partial charge in [0.05, 0.1) is 11.4 Å². The van der Waals surface area contributed by atoms with E-state index in [-0.39, 0.29) is 24.7 Å². The van der Waals surface area contributed by atoms with Crippen LogP contribution in [0.4, 0.5) is 10.1 Å². The zero-order valence-electron chi connectivity index (χ0n) is 9.98. The van der Waals surface area contributed by atoms with Gasteiger partial charge in [0.1, 0.15) is 15.7 Å². The van der Waals surface area contributed by atoms with Gasteiger partial charge in [-0.25, -0.2) is 12.8 Å². The van der Waals surface area contributed by atoms with Crippen LogP contribution in [0.1, 0.15) is 5.56 Å². The highest BCUT2D eigenvalue weighted by Crippen LogP contribution is 2.22. The highest BCUT2D eigenvalue weighted by atomic mass is 32.2. The van der Waals surface area contributed by atoms with E-state index in [2.05, 4.69) is 0 Å². The first-order valence-electron chi connectivity index (χ1n) is 5.21. The topological polar surface area (TPSA) is 63.4 Å². The van der Waals surface area contributed by atoms with Crippen LogP contribution in [-0.2, 0) is 16.4 Å². The van der Waals surface area contributed by atoms with E-state index in [1.807, 2.05) is 0 Å². The predicted octanol–water partition coefficient (Wildman–Crippen LogP) is 0.765. The van der Waals surface area contributed by atoms with E-state index in [0.717, 1.165) is 6.26 Å². The standard InChI is InChI=1S/C11H17FN2O2S/c1-14(6-7-17(2,15)16)11-9(8-13)4-3-5-10(11)12/h3-5H,6-8,13H2,1-2H3. The van der Waals surface area contributed by atoms with Crippen molar-refractivity contribution in [3.8, 4) is 0 Å². The zero-order chi connectivity index (χ0) is 13.1. The van der Waals surface area contributed by atoms with E-state index in [1.165, 1.54) is 6.07 Å². The minimum atomic E-state index is -3.05. The molecule has 0 heterocycles. The monoisotopic (exact) mass is 260 g/mol. The maximum absolute atomic E-state index is 13.7. The lowest BCUT2D eigenvalue weighted by molar-refractivity contribution is 0.599. The van der Waals surface area contributed by atoms with E-state index in [1.54, 1.807) is 24.1 Å². The van der Waals surface area contributed by atoms with Gasteiger partial charge in [-0.1, -0.05) is 12.1 Å². The Hall–Kier alpha value is -1.14. The van der Waals surface area contributed by atoms with Gasteiger partial charge in [0, 0.05) is 26.4 Å². The first-order chi connectivity index (χ1) is 7.85. The van der Waals surface area contributed by atoms with Crippen molar-refractivity contribution < 1.29 is 12.8 Å². The third-order valence-corrected chi connectivity index (χ3v) is 3.39. The van der Waals surface area contributed by atoms with Crippen molar-refractivity contribution in [2.24, 2.45) is 5.73 Å². The maximum atomic E-state index is 13.7. The molecule has 0 radical (unpaired) electrons. The van der Waals surface area contributed by atoms with Gasteiger partial charge < -0.3 is 10.6 Å². The summed E-state index contributed by atoms with van der Waals surface area (Å²) in [5.41, 5.74) is 6.57. The number of nitrogens with zero attached hydrogens (tertiary/aromatic N) is 1. The Morgan fingerprint density at radius 3 is 2.59 bits per heavy atom. The third kappa shape index (κ3) is 3.98. The van der Waals surface area contributed by atoms with Crippen molar-refractivity contribution in [2.75, 3.05) is 30.5 Å². The van der Waals surface area contributed by atoms with Crippen LogP contribution in [0.15, 0.2) is 18.2 Å². The van der Waals surface area contributed by atoms with Crippen molar-refractivity contribution >= 4 is 15.5 Å². The number of halogens is 1. The molecule has 0 aliphatic heterocycles. The van der Waals surface area contributed by atoms with Gasteiger partial charge in [0.25, 0.3) is 0 Å². The summed E-state index contributed by atoms with van der Waals surface area (Å²) in [4.78, 5) is 1.58. The quantitative estimate of drug-likeness (QED) is 0.849. The van der Waals surface area contributed by atoms with Gasteiger partial charge in [0.2, 0.25) is 0 Å². The Bertz CT molecular complexity index is 488. The van der Waals surface area contributed by atoms with Crippen molar-refractivity contribution in [3.63, 3.8) is 0 Å². The van der Waals surface area contributed by atoms with Crippen LogP contribution >= 0.6 is 0 Å². The Kier molecular flexibility index (Phi) is 4.47. The first-order valence-corrected chi connectivity index (χ1v) is 7.27. The normalized spacial score (nSPS) is 11.5. The summed E-state index contributed by atoms with van der Waals surface area (Å²) in [6, 6.07) is 4.66. The van der Waals surface area contributed by atoms with Crippen LogP contribution in [0, 0.1) is 5.82 Å². The predicted molar refractivity (Wildman–Crippen MR) is 67.3 cm³/mol. The molecule has 0 bridgehead atoms. The molecule has 0 amide bonds. The second-order valence-electron chi connectivity index (χ2n) is 4.00. The van der Waals surface area contributed by atoms with Gasteiger partial charge in [-0.3, -0.25) is 0 Å². The van der Waals surface area contributed by atoms with Gasteiger partial charge in [-0.2, -0.15) is 0 Å². The summed E-state index contributed by atoms with van der Waals surface area (Å²) in [6.07, 6.45) is 1.16. The molecule has 0 fully saturated rings. The number of rotatable bonds is 5. The molecule has 6 heteroatoms. The average molecular weight is 260 g/mol. The molecule has 2 N–H and O–H groups in total. The number of hydrogen-bond acceptors (Lipinski definition) is 4. The van der Waals surface area contributed by atoms with Crippen molar-refractivity contribution in [1.29, 1.82) is 0 Å². The molecule has 0 aromatic heterocycles. The Labute approximate surface area is 101 Å². The third-order valence-electron chi connectivity index (χ3n) is 2.47. The SMILES string of the molecule is CN(CCS(C)(=O)=O)c1c(F)cccc1CN. The summed E-state index contributed by atoms with van der Waals surface area (Å²) >= 11 is 0. The highest BCUT2D eigenvalue weighted by molar-refractivity contribution is 7.90. The molecule has 0 saturated carbocycles. The summed E-state index contributed by atoms with van der Waals surface area (Å²) in [6.45, 7) is 0.461. The molecule has 1 aromatic rings. The molecule has 0 atom stereocenters. The number of sulfone groups is 1. The number of nitrogens with two attached hydrogens (primary N) is 1. The zero-order valence-corrected chi connectivity index (χ0v) is 10.8. The molecule has 1 rings (SSSR count). The minimum Gasteiger partial charge on any atom is -0.371 e. The highest BCUT2D eigenvalue weighted by Gasteiger charge is 2.13. The molecule has 4 nitrogen and oxygen atoms in total. The second-order valence-corrected chi connectivity index (χ2v) is 6.26. The average Bonchev–Trinajstić information content (AvgIpc) is 2.24. The molecule has 0 unspecified atom stereocenters. The Balaban J connectivity index is 2.92. The Morgan fingerprint density at radius 2 is 2.06 bits per heavy atom. The van der Waals surface area contributed by atoms with Gasteiger partial charge in [-0.15, -0.1) is 0 Å². The van der Waals surface area contributed by atoms with Crippen molar-refractivity contribution in [3.05, 3.63) is 29.6 Å². The number of benzene rings is 1. The van der Waals surface area contributed by atoms with Crippen molar-refractivity contribution in [2.45, 2.75) is 6.54 Å². The summed E-state index contributed by atoms with van der Waals surface area (Å²) in [5.74, 6) is -0.397. The fourth-order valence-corrected chi connectivity index (χ4v) is 2.17. The maximum Gasteiger partial charge on any atom is 0.149 e. The van der Waals surface area contributed by atoms with Gasteiger partial charge in [0.15, 0.2) is 0 Å². The number of hydrogen-bond donors (Lipinski definition) is 1. The Morgan fingerprint density at radius 1 is 1.41 bits per heavy atom. The molecule has 0 aliphatic carbocycles. The van der Waals surface area contributed by atoms with Gasteiger partial charge >= 0.3 is 0 Å². The molecular weight excluding hydrogens is 243 g/mol. The smallest absolute Gasteiger partial charge is 0.149 e. The molecule has 0 saturated heterocycles. The van der Waals surface area contributed by atoms with Crippen LogP contribution in [0.3, 0.4) is 0 Å². The number of para-hydroxylation sites is 1. The van der Waals surface area contributed by atoms with Crippen LogP contribution < -0.4 is 10.6 Å². The second kappa shape index (κ2) is 5.46. The van der Waals surface area contributed by atoms with E-state index < -0.39 is 9.84 Å².